The Morgan fingerprint density at radius 2 is 2.22 bits per heavy atom. The number of nitriles is 1. The van der Waals surface area contributed by atoms with Gasteiger partial charge in [0.05, 0.1) is 18.3 Å². The van der Waals surface area contributed by atoms with E-state index in [2.05, 4.69) is 15.5 Å². The van der Waals surface area contributed by atoms with Gasteiger partial charge in [-0.05, 0) is 0 Å². The van der Waals surface area contributed by atoms with Gasteiger partial charge in [0, 0.05) is 26.2 Å². The van der Waals surface area contributed by atoms with Gasteiger partial charge < -0.3 is 10.2 Å². The van der Waals surface area contributed by atoms with Crippen LogP contribution < -0.4 is 10.2 Å². The highest BCUT2D eigenvalue weighted by molar-refractivity contribution is 5.42. The van der Waals surface area contributed by atoms with Crippen LogP contribution in [0.4, 0.5) is 19.0 Å². The molecular weight excluding hydrogens is 247 g/mol. The first-order chi connectivity index (χ1) is 8.42. The first-order valence-electron chi connectivity index (χ1n) is 5.14. The van der Waals surface area contributed by atoms with E-state index < -0.39 is 12.7 Å². The molecule has 0 saturated carbocycles. The molecule has 0 unspecified atom stereocenters. The highest BCUT2D eigenvalue weighted by Gasteiger charge is 2.25. The lowest BCUT2D eigenvalue weighted by atomic mass is 10.3. The SMILES string of the molecule is CN(CCNCC(F)(F)F)c1cc(C#N)cnn1. The first-order valence-corrected chi connectivity index (χ1v) is 5.14. The number of hydrogen-bond acceptors (Lipinski definition) is 5. The third kappa shape index (κ3) is 4.97. The minimum atomic E-state index is -4.21. The largest absolute Gasteiger partial charge is 0.401 e. The van der Waals surface area contributed by atoms with E-state index in [1.807, 2.05) is 6.07 Å². The number of anilines is 1. The normalized spacial score (nSPS) is 11.1. The summed E-state index contributed by atoms with van der Waals surface area (Å²) in [5, 5.41) is 18.4. The molecule has 0 spiro atoms. The molecule has 0 aliphatic rings. The molecule has 0 fully saturated rings. The van der Waals surface area contributed by atoms with Crippen LogP contribution in [0.15, 0.2) is 12.3 Å². The van der Waals surface area contributed by atoms with Crippen molar-refractivity contribution in [1.29, 1.82) is 5.26 Å². The average molecular weight is 259 g/mol. The number of halogens is 3. The van der Waals surface area contributed by atoms with E-state index >= 15 is 0 Å². The molecule has 1 aromatic rings. The molecule has 0 saturated heterocycles. The van der Waals surface area contributed by atoms with Crippen molar-refractivity contribution in [3.63, 3.8) is 0 Å². The summed E-state index contributed by atoms with van der Waals surface area (Å²) in [6, 6.07) is 3.44. The molecule has 0 bridgehead atoms. The summed E-state index contributed by atoms with van der Waals surface area (Å²) in [5.41, 5.74) is 0.357. The van der Waals surface area contributed by atoms with Gasteiger partial charge in [0.15, 0.2) is 5.82 Å². The Bertz CT molecular complexity index is 426. The van der Waals surface area contributed by atoms with Gasteiger partial charge in [-0.3, -0.25) is 0 Å². The Morgan fingerprint density at radius 1 is 1.50 bits per heavy atom. The Balaban J connectivity index is 2.41. The molecule has 0 atom stereocenters. The van der Waals surface area contributed by atoms with E-state index in [1.54, 1.807) is 11.9 Å². The second-order valence-electron chi connectivity index (χ2n) is 3.63. The number of nitrogens with zero attached hydrogens (tertiary/aromatic N) is 4. The Labute approximate surface area is 102 Å². The quantitative estimate of drug-likeness (QED) is 0.797. The van der Waals surface area contributed by atoms with Crippen molar-refractivity contribution < 1.29 is 13.2 Å². The van der Waals surface area contributed by atoms with E-state index in [-0.39, 0.29) is 6.54 Å². The first kappa shape index (κ1) is 14.2. The van der Waals surface area contributed by atoms with Crippen LogP contribution in [0.3, 0.4) is 0 Å². The van der Waals surface area contributed by atoms with Crippen molar-refractivity contribution >= 4 is 5.82 Å². The zero-order valence-electron chi connectivity index (χ0n) is 9.70. The van der Waals surface area contributed by atoms with E-state index in [9.17, 15) is 13.2 Å². The highest BCUT2D eigenvalue weighted by atomic mass is 19.4. The lowest BCUT2D eigenvalue weighted by Gasteiger charge is -2.18. The van der Waals surface area contributed by atoms with Crippen molar-refractivity contribution in [3.05, 3.63) is 17.8 Å². The molecule has 1 rings (SSSR count). The third-order valence-electron chi connectivity index (χ3n) is 2.11. The van der Waals surface area contributed by atoms with E-state index in [0.717, 1.165) is 0 Å². The maximum Gasteiger partial charge on any atom is 0.401 e. The predicted molar refractivity (Wildman–Crippen MR) is 58.9 cm³/mol. The molecule has 1 heterocycles. The molecular formula is C10H12F3N5. The minimum Gasteiger partial charge on any atom is -0.357 e. The molecule has 1 aromatic heterocycles. The molecule has 0 aliphatic carbocycles. The van der Waals surface area contributed by atoms with Gasteiger partial charge in [0.1, 0.15) is 6.07 Å². The number of hydrogen-bond donors (Lipinski definition) is 1. The van der Waals surface area contributed by atoms with Crippen LogP contribution in [0.2, 0.25) is 0 Å². The number of nitrogens with one attached hydrogen (secondary N) is 1. The lowest BCUT2D eigenvalue weighted by Crippen LogP contribution is -2.35. The fraction of sp³-hybridized carbons (Fsp3) is 0.500. The molecule has 0 amide bonds. The maximum absolute atomic E-state index is 11.9. The van der Waals surface area contributed by atoms with Crippen LogP contribution in [0.1, 0.15) is 5.56 Å². The molecule has 0 aromatic carbocycles. The number of rotatable bonds is 5. The van der Waals surface area contributed by atoms with Crippen LogP contribution in [0.5, 0.6) is 0 Å². The summed E-state index contributed by atoms with van der Waals surface area (Å²) in [7, 11) is 1.67. The second-order valence-corrected chi connectivity index (χ2v) is 3.63. The molecule has 8 heteroatoms. The molecule has 5 nitrogen and oxygen atoms in total. The van der Waals surface area contributed by atoms with Crippen molar-refractivity contribution in [2.24, 2.45) is 0 Å². The molecule has 0 radical (unpaired) electrons. The third-order valence-corrected chi connectivity index (χ3v) is 2.11. The molecule has 18 heavy (non-hydrogen) atoms. The van der Waals surface area contributed by atoms with Gasteiger partial charge in [0.2, 0.25) is 0 Å². The van der Waals surface area contributed by atoms with Gasteiger partial charge in [0.25, 0.3) is 0 Å². The van der Waals surface area contributed by atoms with Gasteiger partial charge in [-0.2, -0.15) is 23.5 Å². The average Bonchev–Trinajstić information content (AvgIpc) is 2.33. The van der Waals surface area contributed by atoms with Crippen LogP contribution in [0.25, 0.3) is 0 Å². The zero-order chi connectivity index (χ0) is 13.6. The van der Waals surface area contributed by atoms with Crippen molar-refractivity contribution in [1.82, 2.24) is 15.5 Å². The van der Waals surface area contributed by atoms with Gasteiger partial charge in [-0.1, -0.05) is 0 Å². The zero-order valence-corrected chi connectivity index (χ0v) is 9.70. The van der Waals surface area contributed by atoms with E-state index in [1.165, 1.54) is 12.3 Å². The van der Waals surface area contributed by atoms with Gasteiger partial charge in [-0.15, -0.1) is 5.10 Å². The van der Waals surface area contributed by atoms with E-state index in [4.69, 9.17) is 5.26 Å². The van der Waals surface area contributed by atoms with Crippen LogP contribution in [-0.4, -0.2) is 43.1 Å². The molecule has 98 valence electrons. The van der Waals surface area contributed by atoms with Crippen molar-refractivity contribution in [3.8, 4) is 6.07 Å². The summed E-state index contributed by atoms with van der Waals surface area (Å²) in [5.74, 6) is 0.447. The van der Waals surface area contributed by atoms with Crippen molar-refractivity contribution in [2.45, 2.75) is 6.18 Å². The number of aromatic nitrogens is 2. The topological polar surface area (TPSA) is 64.8 Å². The summed E-state index contributed by atoms with van der Waals surface area (Å²) < 4.78 is 35.6. The Kier molecular flexibility index (Phi) is 4.85. The summed E-state index contributed by atoms with van der Waals surface area (Å²) in [6.07, 6.45) is -2.89. The monoisotopic (exact) mass is 259 g/mol. The number of likely N-dealkylation sites (N-methyl/N-ethyl adjacent to an activating group) is 1. The van der Waals surface area contributed by atoms with Crippen LogP contribution in [0, 0.1) is 11.3 Å². The summed E-state index contributed by atoms with van der Waals surface area (Å²) in [6.45, 7) is -0.529. The van der Waals surface area contributed by atoms with Gasteiger partial charge >= 0.3 is 6.18 Å². The standard InChI is InChI=1S/C10H12F3N5/c1-18(3-2-15-7-10(11,12)13)9-4-8(5-14)6-16-17-9/h4,6,15H,2-3,7H2,1H3. The fourth-order valence-corrected chi connectivity index (χ4v) is 1.19. The van der Waals surface area contributed by atoms with Crippen LogP contribution in [-0.2, 0) is 0 Å². The fourth-order valence-electron chi connectivity index (χ4n) is 1.19. The second kappa shape index (κ2) is 6.16. The lowest BCUT2D eigenvalue weighted by molar-refractivity contribution is -0.124. The summed E-state index contributed by atoms with van der Waals surface area (Å²) >= 11 is 0. The maximum atomic E-state index is 11.9. The minimum absolute atomic E-state index is 0.161. The Hall–Kier alpha value is -1.88. The van der Waals surface area contributed by atoms with Crippen molar-refractivity contribution in [2.75, 3.05) is 31.6 Å². The Morgan fingerprint density at radius 3 is 2.83 bits per heavy atom. The predicted octanol–water partition coefficient (Wildman–Crippen LogP) is 0.936. The molecule has 1 N–H and O–H groups in total. The van der Waals surface area contributed by atoms with Crippen LogP contribution >= 0.6 is 0 Å². The van der Waals surface area contributed by atoms with Gasteiger partial charge in [-0.25, -0.2) is 0 Å². The molecule has 0 aliphatic heterocycles. The van der Waals surface area contributed by atoms with E-state index in [0.29, 0.717) is 17.9 Å². The smallest absolute Gasteiger partial charge is 0.357 e. The highest BCUT2D eigenvalue weighted by Crippen LogP contribution is 2.12. The number of alkyl halides is 3. The summed E-state index contributed by atoms with van der Waals surface area (Å²) in [4.78, 5) is 1.62.